The summed E-state index contributed by atoms with van der Waals surface area (Å²) in [4.78, 5) is 20.9. The van der Waals surface area contributed by atoms with Gasteiger partial charge in [-0.2, -0.15) is 0 Å². The van der Waals surface area contributed by atoms with E-state index in [9.17, 15) is 9.90 Å². The molecule has 0 aromatic carbocycles. The standard InChI is InChI=1S/C19H29N3O2/c1-21(18(23)10-9-15-6-5-11-20-14-15)16-7-4-8-17(19(16)24)22-12-2-3-13-22/h5-6,11,14,16-17,19,24H,2-4,7-10,12-13H2,1H3/t16-,17-,19-/m1/s1. The number of aromatic nitrogens is 1. The van der Waals surface area contributed by atoms with Crippen LogP contribution in [0.4, 0.5) is 0 Å². The first-order chi connectivity index (χ1) is 11.7. The molecule has 1 amide bonds. The van der Waals surface area contributed by atoms with Crippen LogP contribution in [0.3, 0.4) is 0 Å². The van der Waals surface area contributed by atoms with Crippen molar-refractivity contribution >= 4 is 5.91 Å². The van der Waals surface area contributed by atoms with Crippen molar-refractivity contribution < 1.29 is 9.90 Å². The molecule has 2 heterocycles. The zero-order valence-corrected chi connectivity index (χ0v) is 14.6. The molecule has 5 nitrogen and oxygen atoms in total. The molecule has 2 aliphatic rings. The van der Waals surface area contributed by atoms with Gasteiger partial charge in [0, 0.05) is 31.9 Å². The number of carbonyl (C=O) groups is 1. The predicted octanol–water partition coefficient (Wildman–Crippen LogP) is 1.85. The van der Waals surface area contributed by atoms with E-state index in [1.54, 1.807) is 11.1 Å². The maximum Gasteiger partial charge on any atom is 0.222 e. The Balaban J connectivity index is 1.56. The molecule has 0 unspecified atom stereocenters. The average Bonchev–Trinajstić information content (AvgIpc) is 3.14. The summed E-state index contributed by atoms with van der Waals surface area (Å²) >= 11 is 0. The van der Waals surface area contributed by atoms with Crippen LogP contribution in [0, 0.1) is 0 Å². The van der Waals surface area contributed by atoms with Gasteiger partial charge in [0.2, 0.25) is 5.91 Å². The highest BCUT2D eigenvalue weighted by molar-refractivity contribution is 5.76. The molecule has 1 aromatic heterocycles. The quantitative estimate of drug-likeness (QED) is 0.895. The van der Waals surface area contributed by atoms with Crippen LogP contribution in [0.5, 0.6) is 0 Å². The molecule has 1 N–H and O–H groups in total. The van der Waals surface area contributed by atoms with Crippen molar-refractivity contribution in [1.82, 2.24) is 14.8 Å². The number of nitrogens with zero attached hydrogens (tertiary/aromatic N) is 3. The van der Waals surface area contributed by atoms with Gasteiger partial charge in [-0.1, -0.05) is 6.07 Å². The van der Waals surface area contributed by atoms with Crippen molar-refractivity contribution in [3.8, 4) is 0 Å². The molecule has 1 saturated heterocycles. The molecule has 132 valence electrons. The molecule has 3 atom stereocenters. The van der Waals surface area contributed by atoms with E-state index in [-0.39, 0.29) is 18.0 Å². The molecule has 1 aliphatic carbocycles. The predicted molar refractivity (Wildman–Crippen MR) is 93.6 cm³/mol. The second-order valence-corrected chi connectivity index (χ2v) is 7.17. The number of pyridine rings is 1. The SMILES string of the molecule is CN(C(=O)CCc1cccnc1)[C@@H]1CCC[C@@H](N2CCCC2)[C@@H]1O. The van der Waals surface area contributed by atoms with Crippen molar-refractivity contribution in [3.05, 3.63) is 30.1 Å². The van der Waals surface area contributed by atoms with Crippen LogP contribution in [0.25, 0.3) is 0 Å². The van der Waals surface area contributed by atoms with E-state index in [0.29, 0.717) is 12.8 Å². The van der Waals surface area contributed by atoms with Crippen LogP contribution in [0.2, 0.25) is 0 Å². The summed E-state index contributed by atoms with van der Waals surface area (Å²) < 4.78 is 0. The molecule has 3 rings (SSSR count). The van der Waals surface area contributed by atoms with Gasteiger partial charge in [0.25, 0.3) is 0 Å². The third-order valence-electron chi connectivity index (χ3n) is 5.64. The third-order valence-corrected chi connectivity index (χ3v) is 5.64. The van der Waals surface area contributed by atoms with Crippen LogP contribution in [-0.4, -0.2) is 64.1 Å². The van der Waals surface area contributed by atoms with Crippen LogP contribution < -0.4 is 0 Å². The minimum absolute atomic E-state index is 0.0502. The monoisotopic (exact) mass is 331 g/mol. The third kappa shape index (κ3) is 3.95. The van der Waals surface area contributed by atoms with E-state index in [2.05, 4.69) is 9.88 Å². The van der Waals surface area contributed by atoms with Crippen LogP contribution in [0.1, 0.15) is 44.1 Å². The molecule has 2 fully saturated rings. The van der Waals surface area contributed by atoms with Gasteiger partial charge in [-0.15, -0.1) is 0 Å². The van der Waals surface area contributed by atoms with Gasteiger partial charge in [0.15, 0.2) is 0 Å². The van der Waals surface area contributed by atoms with Crippen LogP contribution in [-0.2, 0) is 11.2 Å². The number of amides is 1. The Kier molecular flexibility index (Phi) is 5.85. The maximum absolute atomic E-state index is 12.6. The number of carbonyl (C=O) groups excluding carboxylic acids is 1. The highest BCUT2D eigenvalue weighted by Gasteiger charge is 2.39. The molecule has 24 heavy (non-hydrogen) atoms. The Bertz CT molecular complexity index is 531. The van der Waals surface area contributed by atoms with Crippen LogP contribution >= 0.6 is 0 Å². The van der Waals surface area contributed by atoms with E-state index < -0.39 is 6.10 Å². The summed E-state index contributed by atoms with van der Waals surface area (Å²) in [5.41, 5.74) is 1.08. The smallest absolute Gasteiger partial charge is 0.222 e. The first kappa shape index (κ1) is 17.4. The fourth-order valence-corrected chi connectivity index (χ4v) is 4.19. The lowest BCUT2D eigenvalue weighted by molar-refractivity contribution is -0.137. The van der Waals surface area contributed by atoms with E-state index in [4.69, 9.17) is 0 Å². The number of likely N-dealkylation sites (tertiary alicyclic amines) is 1. The Labute approximate surface area is 144 Å². The molecule has 1 aromatic rings. The molecule has 0 radical (unpaired) electrons. The van der Waals surface area contributed by atoms with Gasteiger partial charge in [0.05, 0.1) is 12.1 Å². The second-order valence-electron chi connectivity index (χ2n) is 7.17. The lowest BCUT2D eigenvalue weighted by atomic mass is 9.86. The fraction of sp³-hybridized carbons (Fsp3) is 0.684. The lowest BCUT2D eigenvalue weighted by Crippen LogP contribution is -2.56. The van der Waals surface area contributed by atoms with Gasteiger partial charge in [-0.25, -0.2) is 0 Å². The summed E-state index contributed by atoms with van der Waals surface area (Å²) in [7, 11) is 1.85. The molecular weight excluding hydrogens is 302 g/mol. The van der Waals surface area contributed by atoms with Crippen molar-refractivity contribution in [1.29, 1.82) is 0 Å². The number of aliphatic hydroxyl groups excluding tert-OH is 1. The summed E-state index contributed by atoms with van der Waals surface area (Å²) in [5.74, 6) is 0.116. The number of hydrogen-bond acceptors (Lipinski definition) is 4. The Hall–Kier alpha value is -1.46. The molecule has 0 bridgehead atoms. The summed E-state index contributed by atoms with van der Waals surface area (Å²) in [5, 5.41) is 10.8. The van der Waals surface area contributed by atoms with Crippen molar-refractivity contribution in [3.63, 3.8) is 0 Å². The normalized spacial score (nSPS) is 28.0. The molecule has 1 saturated carbocycles. The zero-order chi connectivity index (χ0) is 16.9. The zero-order valence-electron chi connectivity index (χ0n) is 14.6. The number of aliphatic hydroxyl groups is 1. The summed E-state index contributed by atoms with van der Waals surface area (Å²) in [6.45, 7) is 2.18. The Morgan fingerprint density at radius 3 is 2.83 bits per heavy atom. The second kappa shape index (κ2) is 8.08. The number of aryl methyl sites for hydroxylation is 1. The number of likely N-dealkylation sites (N-methyl/N-ethyl adjacent to an activating group) is 1. The summed E-state index contributed by atoms with van der Waals surface area (Å²) in [6, 6.07) is 4.07. The van der Waals surface area contributed by atoms with Crippen molar-refractivity contribution in [2.45, 2.75) is 63.1 Å². The Morgan fingerprint density at radius 1 is 1.33 bits per heavy atom. The fourth-order valence-electron chi connectivity index (χ4n) is 4.19. The molecule has 0 spiro atoms. The van der Waals surface area contributed by atoms with Gasteiger partial charge < -0.3 is 10.0 Å². The molecular formula is C19H29N3O2. The van der Waals surface area contributed by atoms with Gasteiger partial charge in [0.1, 0.15) is 0 Å². The number of hydrogen-bond donors (Lipinski definition) is 1. The minimum Gasteiger partial charge on any atom is -0.389 e. The Morgan fingerprint density at radius 2 is 2.12 bits per heavy atom. The molecule has 1 aliphatic heterocycles. The first-order valence-electron chi connectivity index (χ1n) is 9.23. The van der Waals surface area contributed by atoms with E-state index in [0.717, 1.165) is 37.9 Å². The van der Waals surface area contributed by atoms with E-state index in [1.165, 1.54) is 12.8 Å². The van der Waals surface area contributed by atoms with Gasteiger partial charge >= 0.3 is 0 Å². The van der Waals surface area contributed by atoms with Crippen molar-refractivity contribution in [2.75, 3.05) is 20.1 Å². The highest BCUT2D eigenvalue weighted by atomic mass is 16.3. The molecule has 5 heteroatoms. The first-order valence-corrected chi connectivity index (χ1v) is 9.23. The average molecular weight is 331 g/mol. The minimum atomic E-state index is -0.427. The summed E-state index contributed by atoms with van der Waals surface area (Å²) in [6.07, 6.45) is 9.81. The largest absolute Gasteiger partial charge is 0.389 e. The van der Waals surface area contributed by atoms with Crippen LogP contribution in [0.15, 0.2) is 24.5 Å². The maximum atomic E-state index is 12.6. The highest BCUT2D eigenvalue weighted by Crippen LogP contribution is 2.29. The number of rotatable bonds is 5. The lowest BCUT2D eigenvalue weighted by Gasteiger charge is -2.43. The van der Waals surface area contributed by atoms with Crippen molar-refractivity contribution in [2.24, 2.45) is 0 Å². The van der Waals surface area contributed by atoms with Gasteiger partial charge in [-0.05, 0) is 63.2 Å². The van der Waals surface area contributed by atoms with Gasteiger partial charge in [-0.3, -0.25) is 14.7 Å². The van der Waals surface area contributed by atoms with E-state index >= 15 is 0 Å². The topological polar surface area (TPSA) is 56.7 Å². The van der Waals surface area contributed by atoms with E-state index in [1.807, 2.05) is 25.4 Å².